The van der Waals surface area contributed by atoms with Crippen LogP contribution in [0.3, 0.4) is 0 Å². The molecule has 0 bridgehead atoms. The summed E-state index contributed by atoms with van der Waals surface area (Å²) in [5.41, 5.74) is 8.17. The fraction of sp³-hybridized carbons (Fsp3) is 0.500. The maximum atomic E-state index is 10.6. The molecule has 1 fully saturated rings. The maximum absolute atomic E-state index is 10.6. The number of ether oxygens (including phenoxy) is 1. The van der Waals surface area contributed by atoms with E-state index in [1.807, 2.05) is 12.1 Å². The molecule has 0 spiro atoms. The molecule has 0 aromatic carbocycles. The van der Waals surface area contributed by atoms with Crippen LogP contribution in [-0.4, -0.2) is 52.8 Å². The Hall–Kier alpha value is -1.18. The average Bonchev–Trinajstić information content (AvgIpc) is 2.55. The lowest BCUT2D eigenvalue weighted by Gasteiger charge is -2.31. The van der Waals surface area contributed by atoms with Crippen molar-refractivity contribution < 1.29 is 9.84 Å². The molecule has 0 unspecified atom stereocenters. The first-order chi connectivity index (χ1) is 10.7. The lowest BCUT2D eigenvalue weighted by Crippen LogP contribution is -2.41. The molecular formula is C16H24Cl2N4O2. The van der Waals surface area contributed by atoms with Gasteiger partial charge in [0.25, 0.3) is 0 Å². The number of hydrogen-bond acceptors (Lipinski definition) is 6. The Morgan fingerprint density at radius 2 is 2.00 bits per heavy atom. The highest BCUT2D eigenvalue weighted by Crippen LogP contribution is 2.24. The number of β-amino-alcohol motifs (C(OH)–C–C–N with tert-alkyl or cyclic N) is 1. The van der Waals surface area contributed by atoms with Gasteiger partial charge in [-0.05, 0) is 38.1 Å². The Morgan fingerprint density at radius 3 is 2.67 bits per heavy atom. The number of pyridine rings is 2. The minimum atomic E-state index is -0.598. The first-order valence-electron chi connectivity index (χ1n) is 7.63. The molecule has 3 rings (SSSR count). The van der Waals surface area contributed by atoms with E-state index in [0.29, 0.717) is 24.0 Å². The minimum Gasteiger partial charge on any atom is -0.481 e. The molecule has 1 saturated heterocycles. The number of aromatic nitrogens is 2. The summed E-state index contributed by atoms with van der Waals surface area (Å²) in [6.45, 7) is 2.45. The van der Waals surface area contributed by atoms with E-state index in [0.717, 1.165) is 37.0 Å². The van der Waals surface area contributed by atoms with Gasteiger partial charge < -0.3 is 20.5 Å². The Kier molecular flexibility index (Phi) is 8.12. The van der Waals surface area contributed by atoms with Crippen molar-refractivity contribution in [3.05, 3.63) is 30.0 Å². The Balaban J connectivity index is 0.00000144. The number of aliphatic hydroxyl groups is 1. The van der Waals surface area contributed by atoms with Crippen molar-refractivity contribution >= 4 is 35.8 Å². The van der Waals surface area contributed by atoms with E-state index in [4.69, 9.17) is 10.5 Å². The fourth-order valence-corrected chi connectivity index (χ4v) is 2.89. The fourth-order valence-electron chi connectivity index (χ4n) is 2.89. The van der Waals surface area contributed by atoms with E-state index in [2.05, 4.69) is 14.9 Å². The zero-order valence-corrected chi connectivity index (χ0v) is 15.2. The van der Waals surface area contributed by atoms with Crippen molar-refractivity contribution in [2.45, 2.75) is 25.0 Å². The van der Waals surface area contributed by atoms with Crippen molar-refractivity contribution in [2.75, 3.05) is 26.7 Å². The van der Waals surface area contributed by atoms with Crippen LogP contribution in [0.25, 0.3) is 11.0 Å². The molecule has 8 heteroatoms. The van der Waals surface area contributed by atoms with Gasteiger partial charge in [-0.15, -0.1) is 24.8 Å². The van der Waals surface area contributed by atoms with E-state index in [1.54, 1.807) is 19.4 Å². The molecule has 1 aliphatic rings. The molecule has 24 heavy (non-hydrogen) atoms. The van der Waals surface area contributed by atoms with Crippen molar-refractivity contribution in [3.8, 4) is 5.88 Å². The molecule has 3 N–H and O–H groups in total. The van der Waals surface area contributed by atoms with Gasteiger partial charge >= 0.3 is 0 Å². The second-order valence-electron chi connectivity index (χ2n) is 5.78. The number of fused-ring (bicyclic) bond motifs is 1. The van der Waals surface area contributed by atoms with Crippen LogP contribution >= 0.6 is 24.8 Å². The van der Waals surface area contributed by atoms with Gasteiger partial charge in [0.15, 0.2) is 0 Å². The van der Waals surface area contributed by atoms with E-state index in [9.17, 15) is 5.11 Å². The molecule has 3 heterocycles. The predicted molar refractivity (Wildman–Crippen MR) is 99.2 cm³/mol. The average molecular weight is 375 g/mol. The Labute approximate surface area is 154 Å². The summed E-state index contributed by atoms with van der Waals surface area (Å²) in [6, 6.07) is 5.75. The highest BCUT2D eigenvalue weighted by Gasteiger charge is 2.21. The molecule has 6 nitrogen and oxygen atoms in total. The summed E-state index contributed by atoms with van der Waals surface area (Å²) in [5.74, 6) is 0.526. The number of nitrogens with two attached hydrogens (primary N) is 1. The summed E-state index contributed by atoms with van der Waals surface area (Å²) in [4.78, 5) is 11.0. The Morgan fingerprint density at radius 1 is 1.29 bits per heavy atom. The first kappa shape index (κ1) is 20.9. The maximum Gasteiger partial charge on any atom is 0.213 e. The van der Waals surface area contributed by atoms with Crippen molar-refractivity contribution in [3.63, 3.8) is 0 Å². The van der Waals surface area contributed by atoms with E-state index in [-0.39, 0.29) is 24.8 Å². The lowest BCUT2D eigenvalue weighted by molar-refractivity contribution is 0.0984. The lowest BCUT2D eigenvalue weighted by atomic mass is 10.0. The van der Waals surface area contributed by atoms with Gasteiger partial charge in [0.1, 0.15) is 0 Å². The smallest absolute Gasteiger partial charge is 0.213 e. The zero-order chi connectivity index (χ0) is 15.5. The highest BCUT2D eigenvalue weighted by atomic mass is 35.5. The summed E-state index contributed by atoms with van der Waals surface area (Å²) >= 11 is 0. The molecule has 0 radical (unpaired) electrons. The number of aliphatic hydroxyl groups excluding tert-OH is 1. The second-order valence-corrected chi connectivity index (χ2v) is 5.78. The molecule has 0 amide bonds. The van der Waals surface area contributed by atoms with Gasteiger partial charge in [-0.1, -0.05) is 0 Å². The number of nitrogens with zero attached hydrogens (tertiary/aromatic N) is 3. The largest absolute Gasteiger partial charge is 0.481 e. The van der Waals surface area contributed by atoms with Crippen LogP contribution in [0.2, 0.25) is 0 Å². The van der Waals surface area contributed by atoms with Crippen molar-refractivity contribution in [2.24, 2.45) is 5.73 Å². The van der Waals surface area contributed by atoms with Crippen LogP contribution < -0.4 is 10.5 Å². The molecule has 0 saturated carbocycles. The first-order valence-corrected chi connectivity index (χ1v) is 7.63. The van der Waals surface area contributed by atoms with Gasteiger partial charge in [0, 0.05) is 30.4 Å². The minimum absolute atomic E-state index is 0. The monoisotopic (exact) mass is 374 g/mol. The van der Waals surface area contributed by atoms with Crippen LogP contribution in [0.15, 0.2) is 24.4 Å². The third-order valence-electron chi connectivity index (χ3n) is 4.22. The van der Waals surface area contributed by atoms with Gasteiger partial charge in [-0.3, -0.25) is 4.98 Å². The molecule has 2 aromatic heterocycles. The topological polar surface area (TPSA) is 84.5 Å². The highest BCUT2D eigenvalue weighted by molar-refractivity contribution is 5.85. The normalized spacial score (nSPS) is 17.0. The van der Waals surface area contributed by atoms with E-state index < -0.39 is 6.10 Å². The molecule has 1 atom stereocenters. The second kappa shape index (κ2) is 9.34. The van der Waals surface area contributed by atoms with Crippen LogP contribution in [0.1, 0.15) is 24.5 Å². The molecule has 2 aromatic rings. The number of piperidine rings is 1. The number of likely N-dealkylation sites (tertiary alicyclic amines) is 1. The van der Waals surface area contributed by atoms with Crippen LogP contribution in [0.5, 0.6) is 5.88 Å². The Bertz CT molecular complexity index is 651. The summed E-state index contributed by atoms with van der Waals surface area (Å²) < 4.78 is 5.17. The third kappa shape index (κ3) is 4.68. The quantitative estimate of drug-likeness (QED) is 0.850. The number of methoxy groups -OCH3 is 1. The SMILES string of the molecule is COc1ccc2nccc([C@@H](O)CN3CCC(N)CC3)c2n1.Cl.Cl. The van der Waals surface area contributed by atoms with Crippen molar-refractivity contribution in [1.29, 1.82) is 0 Å². The summed E-state index contributed by atoms with van der Waals surface area (Å²) in [5, 5.41) is 10.6. The van der Waals surface area contributed by atoms with Crippen LogP contribution in [0, 0.1) is 0 Å². The van der Waals surface area contributed by atoms with E-state index in [1.165, 1.54) is 0 Å². The predicted octanol–water partition coefficient (Wildman–Crippen LogP) is 1.94. The van der Waals surface area contributed by atoms with E-state index >= 15 is 0 Å². The number of halogens is 2. The third-order valence-corrected chi connectivity index (χ3v) is 4.22. The van der Waals surface area contributed by atoms with Gasteiger partial charge in [-0.25, -0.2) is 4.98 Å². The molecule has 1 aliphatic heterocycles. The summed E-state index contributed by atoms with van der Waals surface area (Å²) in [7, 11) is 1.58. The number of rotatable bonds is 4. The standard InChI is InChI=1S/C16H22N4O2.2ClH/c1-22-15-3-2-13-16(19-15)12(4-7-18-13)14(21)10-20-8-5-11(17)6-9-20;;/h2-4,7,11,14,21H,5-6,8-10,17H2,1H3;2*1H/t14-;;/m0../s1. The summed E-state index contributed by atoms with van der Waals surface area (Å²) in [6.07, 6.45) is 3.08. The van der Waals surface area contributed by atoms with Crippen LogP contribution in [-0.2, 0) is 0 Å². The molecular weight excluding hydrogens is 351 g/mol. The van der Waals surface area contributed by atoms with Gasteiger partial charge in [0.2, 0.25) is 5.88 Å². The number of hydrogen-bond donors (Lipinski definition) is 2. The molecule has 134 valence electrons. The van der Waals surface area contributed by atoms with Crippen LogP contribution in [0.4, 0.5) is 0 Å². The molecule has 0 aliphatic carbocycles. The van der Waals surface area contributed by atoms with Gasteiger partial charge in [-0.2, -0.15) is 0 Å². The van der Waals surface area contributed by atoms with Crippen molar-refractivity contribution in [1.82, 2.24) is 14.9 Å². The van der Waals surface area contributed by atoms with Gasteiger partial charge in [0.05, 0.1) is 24.2 Å². The zero-order valence-electron chi connectivity index (χ0n) is 13.6.